The first-order valence-electron chi connectivity index (χ1n) is 4.95. The number of hydrogen-bond donors (Lipinski definition) is 1. The second kappa shape index (κ2) is 5.66. The highest BCUT2D eigenvalue weighted by molar-refractivity contribution is 6.29. The Morgan fingerprint density at radius 2 is 2.13 bits per heavy atom. The monoisotopic (exact) mass is 227 g/mol. The van der Waals surface area contributed by atoms with Crippen LogP contribution >= 0.6 is 11.6 Å². The molecule has 1 aromatic rings. The molecular weight excluding hydrogens is 214 g/mol. The maximum absolute atomic E-state index is 11.7. The first-order valence-corrected chi connectivity index (χ1v) is 5.33. The van der Waals surface area contributed by atoms with Gasteiger partial charge >= 0.3 is 0 Å². The Kier molecular flexibility index (Phi) is 4.49. The fourth-order valence-electron chi connectivity index (χ4n) is 1.29. The van der Waals surface area contributed by atoms with Crippen LogP contribution in [0.3, 0.4) is 0 Å². The van der Waals surface area contributed by atoms with E-state index in [0.717, 1.165) is 12.8 Å². The summed E-state index contributed by atoms with van der Waals surface area (Å²) in [6.45, 7) is 3.97. The fourth-order valence-corrected chi connectivity index (χ4v) is 1.44. The summed E-state index contributed by atoms with van der Waals surface area (Å²) in [5.41, 5.74) is 0. The van der Waals surface area contributed by atoms with Crippen molar-refractivity contribution in [2.24, 2.45) is 5.92 Å². The highest BCUT2D eigenvalue weighted by atomic mass is 35.5. The molecule has 4 nitrogen and oxygen atoms in total. The molecule has 0 aliphatic heterocycles. The third-order valence-electron chi connectivity index (χ3n) is 2.24. The fraction of sp³-hybridized carbons (Fsp3) is 0.500. The van der Waals surface area contributed by atoms with Crippen LogP contribution in [0.4, 0.5) is 5.82 Å². The van der Waals surface area contributed by atoms with Crippen LogP contribution in [0, 0.1) is 5.92 Å². The average molecular weight is 228 g/mol. The van der Waals surface area contributed by atoms with Crippen molar-refractivity contribution >= 4 is 23.3 Å². The molecule has 1 aromatic heterocycles. The molecule has 5 heteroatoms. The quantitative estimate of drug-likeness (QED) is 0.805. The lowest BCUT2D eigenvalue weighted by Crippen LogP contribution is -2.22. The normalized spacial score (nSPS) is 10.4. The molecule has 15 heavy (non-hydrogen) atoms. The summed E-state index contributed by atoms with van der Waals surface area (Å²) >= 11 is 5.67. The smallest absolute Gasteiger partial charge is 0.228 e. The minimum absolute atomic E-state index is 0.0187. The van der Waals surface area contributed by atoms with Crippen LogP contribution < -0.4 is 5.32 Å². The lowest BCUT2D eigenvalue weighted by atomic mass is 10.0. The summed E-state index contributed by atoms with van der Waals surface area (Å²) in [5.74, 6) is 0.459. The van der Waals surface area contributed by atoms with Crippen molar-refractivity contribution in [1.82, 2.24) is 9.97 Å². The highest BCUT2D eigenvalue weighted by Crippen LogP contribution is 2.13. The van der Waals surface area contributed by atoms with Crippen molar-refractivity contribution in [3.05, 3.63) is 17.5 Å². The third-order valence-corrected chi connectivity index (χ3v) is 2.45. The van der Waals surface area contributed by atoms with Gasteiger partial charge in [-0.3, -0.25) is 4.79 Å². The molecule has 0 spiro atoms. The van der Waals surface area contributed by atoms with Gasteiger partial charge in [0.25, 0.3) is 0 Å². The number of carbonyl (C=O) groups is 1. The van der Waals surface area contributed by atoms with E-state index in [9.17, 15) is 4.79 Å². The molecule has 1 amide bonds. The molecule has 1 heterocycles. The van der Waals surface area contributed by atoms with Gasteiger partial charge in [0.15, 0.2) is 0 Å². The lowest BCUT2D eigenvalue weighted by Gasteiger charge is -2.11. The summed E-state index contributed by atoms with van der Waals surface area (Å²) in [4.78, 5) is 19.3. The molecule has 0 aromatic carbocycles. The molecule has 0 saturated carbocycles. The van der Waals surface area contributed by atoms with E-state index in [1.165, 1.54) is 12.4 Å². The summed E-state index contributed by atoms with van der Waals surface area (Å²) in [6.07, 6.45) is 2.97. The van der Waals surface area contributed by atoms with Gasteiger partial charge in [-0.05, 0) is 12.8 Å². The SMILES string of the molecule is CCC(CC)C(=O)Nc1cc(Cl)ncn1. The molecule has 0 aliphatic rings. The molecule has 0 bridgehead atoms. The average Bonchev–Trinajstić information content (AvgIpc) is 2.19. The Labute approximate surface area is 94.1 Å². The van der Waals surface area contributed by atoms with E-state index in [1.807, 2.05) is 13.8 Å². The maximum Gasteiger partial charge on any atom is 0.228 e. The second-order valence-corrected chi connectivity index (χ2v) is 3.62. The van der Waals surface area contributed by atoms with Gasteiger partial charge < -0.3 is 5.32 Å². The van der Waals surface area contributed by atoms with Crippen LogP contribution in [0.15, 0.2) is 12.4 Å². The predicted molar refractivity (Wildman–Crippen MR) is 59.7 cm³/mol. The molecule has 82 valence electrons. The van der Waals surface area contributed by atoms with Crippen molar-refractivity contribution in [2.45, 2.75) is 26.7 Å². The number of nitrogens with zero attached hydrogens (tertiary/aromatic N) is 2. The van der Waals surface area contributed by atoms with Crippen LogP contribution in [0.2, 0.25) is 5.15 Å². The van der Waals surface area contributed by atoms with Crippen LogP contribution in [0.5, 0.6) is 0 Å². The van der Waals surface area contributed by atoms with Gasteiger partial charge in [0, 0.05) is 12.0 Å². The van der Waals surface area contributed by atoms with Gasteiger partial charge in [0.2, 0.25) is 5.91 Å². The zero-order valence-corrected chi connectivity index (χ0v) is 9.58. The predicted octanol–water partition coefficient (Wildman–Crippen LogP) is 2.50. The molecule has 0 radical (unpaired) electrons. The number of carbonyl (C=O) groups excluding carboxylic acids is 1. The molecule has 1 N–H and O–H groups in total. The molecule has 1 rings (SSSR count). The Morgan fingerprint density at radius 1 is 1.47 bits per heavy atom. The number of aromatic nitrogens is 2. The van der Waals surface area contributed by atoms with Crippen molar-refractivity contribution < 1.29 is 4.79 Å². The number of halogens is 1. The van der Waals surface area contributed by atoms with Crippen molar-refractivity contribution in [1.29, 1.82) is 0 Å². The first-order chi connectivity index (χ1) is 7.17. The number of hydrogen-bond acceptors (Lipinski definition) is 3. The van der Waals surface area contributed by atoms with E-state index in [2.05, 4.69) is 15.3 Å². The van der Waals surface area contributed by atoms with Gasteiger partial charge in [-0.15, -0.1) is 0 Å². The summed E-state index contributed by atoms with van der Waals surface area (Å²) in [7, 11) is 0. The van der Waals surface area contributed by atoms with Crippen LogP contribution in [0.1, 0.15) is 26.7 Å². The molecule has 0 atom stereocenters. The van der Waals surface area contributed by atoms with E-state index in [0.29, 0.717) is 11.0 Å². The Morgan fingerprint density at radius 3 is 2.67 bits per heavy atom. The van der Waals surface area contributed by atoms with Crippen LogP contribution in [-0.4, -0.2) is 15.9 Å². The van der Waals surface area contributed by atoms with Gasteiger partial charge in [0.1, 0.15) is 17.3 Å². The number of amides is 1. The molecule has 0 saturated heterocycles. The van der Waals surface area contributed by atoms with Gasteiger partial charge in [0.05, 0.1) is 0 Å². The largest absolute Gasteiger partial charge is 0.310 e. The number of anilines is 1. The van der Waals surface area contributed by atoms with E-state index in [1.54, 1.807) is 0 Å². The van der Waals surface area contributed by atoms with Crippen LogP contribution in [0.25, 0.3) is 0 Å². The van der Waals surface area contributed by atoms with Crippen LogP contribution in [-0.2, 0) is 4.79 Å². The standard InChI is InChI=1S/C10H14ClN3O/c1-3-7(4-2)10(15)14-9-5-8(11)12-6-13-9/h5-7H,3-4H2,1-2H3,(H,12,13,14,15). The molecule has 0 aliphatic carbocycles. The van der Waals surface area contributed by atoms with E-state index in [4.69, 9.17) is 11.6 Å². The number of rotatable bonds is 4. The summed E-state index contributed by atoms with van der Waals surface area (Å²) in [6, 6.07) is 1.53. The topological polar surface area (TPSA) is 54.9 Å². The van der Waals surface area contributed by atoms with Crippen molar-refractivity contribution in [3.63, 3.8) is 0 Å². The Bertz CT molecular complexity index is 339. The molecule has 0 unspecified atom stereocenters. The van der Waals surface area contributed by atoms with E-state index < -0.39 is 0 Å². The first kappa shape index (κ1) is 11.9. The summed E-state index contributed by atoms with van der Waals surface area (Å²) in [5, 5.41) is 3.03. The van der Waals surface area contributed by atoms with Crippen molar-refractivity contribution in [2.75, 3.05) is 5.32 Å². The summed E-state index contributed by atoms with van der Waals surface area (Å²) < 4.78 is 0. The zero-order chi connectivity index (χ0) is 11.3. The van der Waals surface area contributed by atoms with Gasteiger partial charge in [-0.1, -0.05) is 25.4 Å². The Balaban J connectivity index is 2.65. The Hall–Kier alpha value is -1.16. The minimum atomic E-state index is -0.0187. The molecular formula is C10H14ClN3O. The second-order valence-electron chi connectivity index (χ2n) is 3.23. The maximum atomic E-state index is 11.7. The van der Waals surface area contributed by atoms with E-state index in [-0.39, 0.29) is 11.8 Å². The van der Waals surface area contributed by atoms with Gasteiger partial charge in [-0.2, -0.15) is 0 Å². The van der Waals surface area contributed by atoms with E-state index >= 15 is 0 Å². The zero-order valence-electron chi connectivity index (χ0n) is 8.83. The number of nitrogens with one attached hydrogen (secondary N) is 1. The lowest BCUT2D eigenvalue weighted by molar-refractivity contribution is -0.120. The van der Waals surface area contributed by atoms with Crippen molar-refractivity contribution in [3.8, 4) is 0 Å². The highest BCUT2D eigenvalue weighted by Gasteiger charge is 2.14. The van der Waals surface area contributed by atoms with Gasteiger partial charge in [-0.25, -0.2) is 9.97 Å². The minimum Gasteiger partial charge on any atom is -0.310 e. The molecule has 0 fully saturated rings. The third kappa shape index (κ3) is 3.47.